The number of H-pyrrole nitrogens is 1. The van der Waals surface area contributed by atoms with Crippen LogP contribution in [0.15, 0.2) is 42.7 Å². The number of aromatic nitrogens is 2. The van der Waals surface area contributed by atoms with Gasteiger partial charge in [0, 0.05) is 12.4 Å². The second-order valence-electron chi connectivity index (χ2n) is 4.33. The van der Waals surface area contributed by atoms with E-state index in [1.165, 1.54) is 0 Å². The average Bonchev–Trinajstić information content (AvgIpc) is 2.98. The summed E-state index contributed by atoms with van der Waals surface area (Å²) in [6, 6.07) is 8.52. The summed E-state index contributed by atoms with van der Waals surface area (Å²) in [6.07, 6.45) is 4.16. The number of benzene rings is 1. The van der Waals surface area contributed by atoms with Gasteiger partial charge in [0.15, 0.2) is 0 Å². The van der Waals surface area contributed by atoms with Gasteiger partial charge in [0.1, 0.15) is 11.9 Å². The SMILES string of the molecule is CCC(NC(=O)[C@@H](N)c1ccccc1)c1ncc[nH]1. The van der Waals surface area contributed by atoms with Crippen molar-refractivity contribution in [2.75, 3.05) is 0 Å². The number of hydrogen-bond acceptors (Lipinski definition) is 3. The molecule has 1 aromatic heterocycles. The number of carbonyl (C=O) groups is 1. The van der Waals surface area contributed by atoms with E-state index in [0.717, 1.165) is 17.8 Å². The van der Waals surface area contributed by atoms with E-state index in [9.17, 15) is 4.79 Å². The van der Waals surface area contributed by atoms with Gasteiger partial charge >= 0.3 is 0 Å². The minimum Gasteiger partial charge on any atom is -0.347 e. The smallest absolute Gasteiger partial charge is 0.242 e. The molecule has 0 radical (unpaired) electrons. The predicted octanol–water partition coefficient (Wildman–Crippen LogP) is 1.68. The van der Waals surface area contributed by atoms with E-state index in [4.69, 9.17) is 5.73 Å². The van der Waals surface area contributed by atoms with Crippen LogP contribution in [0.4, 0.5) is 0 Å². The van der Waals surface area contributed by atoms with Crippen molar-refractivity contribution in [3.63, 3.8) is 0 Å². The van der Waals surface area contributed by atoms with Crippen LogP contribution in [0, 0.1) is 0 Å². The highest BCUT2D eigenvalue weighted by atomic mass is 16.2. The van der Waals surface area contributed by atoms with Gasteiger partial charge in [-0.05, 0) is 12.0 Å². The van der Waals surface area contributed by atoms with Gasteiger partial charge in [-0.2, -0.15) is 0 Å². The maximum atomic E-state index is 12.1. The molecule has 1 amide bonds. The van der Waals surface area contributed by atoms with E-state index in [0.29, 0.717) is 0 Å². The molecule has 0 spiro atoms. The maximum absolute atomic E-state index is 12.1. The van der Waals surface area contributed by atoms with Crippen molar-refractivity contribution in [2.45, 2.75) is 25.4 Å². The summed E-state index contributed by atoms with van der Waals surface area (Å²) in [7, 11) is 0. The van der Waals surface area contributed by atoms with Crippen LogP contribution in [0.25, 0.3) is 0 Å². The summed E-state index contributed by atoms with van der Waals surface area (Å²) >= 11 is 0. The number of nitrogens with one attached hydrogen (secondary N) is 2. The molecule has 0 aliphatic rings. The Morgan fingerprint density at radius 1 is 1.42 bits per heavy atom. The largest absolute Gasteiger partial charge is 0.347 e. The van der Waals surface area contributed by atoms with E-state index >= 15 is 0 Å². The van der Waals surface area contributed by atoms with Crippen molar-refractivity contribution in [3.8, 4) is 0 Å². The summed E-state index contributed by atoms with van der Waals surface area (Å²) in [4.78, 5) is 19.3. The lowest BCUT2D eigenvalue weighted by molar-refractivity contribution is -0.123. The molecule has 2 atom stereocenters. The van der Waals surface area contributed by atoms with Crippen molar-refractivity contribution in [3.05, 3.63) is 54.1 Å². The van der Waals surface area contributed by atoms with Crippen LogP contribution in [-0.2, 0) is 4.79 Å². The first-order valence-electron chi connectivity index (χ1n) is 6.32. The van der Waals surface area contributed by atoms with Crippen LogP contribution in [0.3, 0.4) is 0 Å². The summed E-state index contributed by atoms with van der Waals surface area (Å²) in [5.41, 5.74) is 6.75. The Morgan fingerprint density at radius 2 is 2.16 bits per heavy atom. The minimum atomic E-state index is -0.662. The number of hydrogen-bond donors (Lipinski definition) is 3. The molecular formula is C14H18N4O. The Kier molecular flexibility index (Phi) is 4.30. The molecule has 19 heavy (non-hydrogen) atoms. The van der Waals surface area contributed by atoms with Crippen molar-refractivity contribution in [2.24, 2.45) is 5.73 Å². The van der Waals surface area contributed by atoms with Crippen LogP contribution < -0.4 is 11.1 Å². The Hall–Kier alpha value is -2.14. The zero-order chi connectivity index (χ0) is 13.7. The van der Waals surface area contributed by atoms with E-state index < -0.39 is 6.04 Å². The van der Waals surface area contributed by atoms with Gasteiger partial charge in [-0.1, -0.05) is 37.3 Å². The van der Waals surface area contributed by atoms with Crippen LogP contribution in [0.2, 0.25) is 0 Å². The molecular weight excluding hydrogens is 240 g/mol. The predicted molar refractivity (Wildman–Crippen MR) is 73.1 cm³/mol. The molecule has 1 aromatic carbocycles. The van der Waals surface area contributed by atoms with Crippen LogP contribution in [0.5, 0.6) is 0 Å². The number of carbonyl (C=O) groups excluding carboxylic acids is 1. The normalized spacial score (nSPS) is 13.8. The Morgan fingerprint density at radius 3 is 2.74 bits per heavy atom. The molecule has 0 saturated heterocycles. The number of amides is 1. The van der Waals surface area contributed by atoms with Crippen molar-refractivity contribution < 1.29 is 4.79 Å². The fourth-order valence-corrected chi connectivity index (χ4v) is 1.91. The third-order valence-electron chi connectivity index (χ3n) is 3.02. The summed E-state index contributed by atoms with van der Waals surface area (Å²) in [6.45, 7) is 1.99. The number of rotatable bonds is 5. The maximum Gasteiger partial charge on any atom is 0.242 e. The van der Waals surface area contributed by atoms with E-state index in [-0.39, 0.29) is 11.9 Å². The quantitative estimate of drug-likeness (QED) is 0.763. The zero-order valence-corrected chi connectivity index (χ0v) is 10.8. The molecule has 100 valence electrons. The van der Waals surface area contributed by atoms with Crippen LogP contribution in [-0.4, -0.2) is 15.9 Å². The van der Waals surface area contributed by atoms with Gasteiger partial charge in [0.2, 0.25) is 5.91 Å². The van der Waals surface area contributed by atoms with E-state index in [1.807, 2.05) is 37.3 Å². The molecule has 2 rings (SSSR count). The molecule has 5 nitrogen and oxygen atoms in total. The van der Waals surface area contributed by atoms with Crippen molar-refractivity contribution >= 4 is 5.91 Å². The first-order valence-corrected chi connectivity index (χ1v) is 6.32. The average molecular weight is 258 g/mol. The van der Waals surface area contributed by atoms with E-state index in [1.54, 1.807) is 12.4 Å². The highest BCUT2D eigenvalue weighted by Crippen LogP contribution is 2.15. The fraction of sp³-hybridized carbons (Fsp3) is 0.286. The standard InChI is InChI=1S/C14H18N4O/c1-2-11(13-16-8-9-17-13)18-14(19)12(15)10-6-4-3-5-7-10/h3-9,11-12H,2,15H2,1H3,(H,16,17)(H,18,19)/t11?,12-/m0/s1. The van der Waals surface area contributed by atoms with Gasteiger partial charge < -0.3 is 16.0 Å². The van der Waals surface area contributed by atoms with Crippen molar-refractivity contribution in [1.29, 1.82) is 0 Å². The second kappa shape index (κ2) is 6.15. The third kappa shape index (κ3) is 3.20. The van der Waals surface area contributed by atoms with Crippen molar-refractivity contribution in [1.82, 2.24) is 15.3 Å². The molecule has 0 aliphatic heterocycles. The highest BCUT2D eigenvalue weighted by molar-refractivity contribution is 5.83. The van der Waals surface area contributed by atoms with Gasteiger partial charge in [0.05, 0.1) is 6.04 Å². The molecule has 5 heteroatoms. The summed E-state index contributed by atoms with van der Waals surface area (Å²) < 4.78 is 0. The number of nitrogens with zero attached hydrogens (tertiary/aromatic N) is 1. The van der Waals surface area contributed by atoms with Gasteiger partial charge in [-0.15, -0.1) is 0 Å². The van der Waals surface area contributed by atoms with Crippen LogP contribution in [0.1, 0.15) is 36.8 Å². The molecule has 0 aliphatic carbocycles. The molecule has 2 aromatic rings. The monoisotopic (exact) mass is 258 g/mol. The first-order chi connectivity index (χ1) is 9.22. The number of imidazole rings is 1. The molecule has 1 heterocycles. The number of nitrogens with two attached hydrogens (primary N) is 1. The number of aromatic amines is 1. The molecule has 0 fully saturated rings. The lowest BCUT2D eigenvalue weighted by atomic mass is 10.1. The third-order valence-corrected chi connectivity index (χ3v) is 3.02. The Labute approximate surface area is 112 Å². The van der Waals surface area contributed by atoms with E-state index in [2.05, 4.69) is 15.3 Å². The summed E-state index contributed by atoms with van der Waals surface area (Å²) in [5, 5.41) is 2.91. The first kappa shape index (κ1) is 13.3. The van der Waals surface area contributed by atoms with Gasteiger partial charge in [-0.3, -0.25) is 4.79 Å². The minimum absolute atomic E-state index is 0.141. The lowest BCUT2D eigenvalue weighted by Crippen LogP contribution is -2.36. The molecule has 0 saturated carbocycles. The second-order valence-corrected chi connectivity index (χ2v) is 4.33. The van der Waals surface area contributed by atoms with Gasteiger partial charge in [-0.25, -0.2) is 4.98 Å². The van der Waals surface area contributed by atoms with Gasteiger partial charge in [0.25, 0.3) is 0 Å². The lowest BCUT2D eigenvalue weighted by Gasteiger charge is -2.18. The Balaban J connectivity index is 2.04. The zero-order valence-electron chi connectivity index (χ0n) is 10.8. The Bertz CT molecular complexity index is 510. The fourth-order valence-electron chi connectivity index (χ4n) is 1.91. The molecule has 0 bridgehead atoms. The van der Waals surface area contributed by atoms with Crippen LogP contribution >= 0.6 is 0 Å². The highest BCUT2D eigenvalue weighted by Gasteiger charge is 2.20. The summed E-state index contributed by atoms with van der Waals surface area (Å²) in [5.74, 6) is 0.547. The topological polar surface area (TPSA) is 83.8 Å². The molecule has 4 N–H and O–H groups in total. The molecule has 1 unspecified atom stereocenters.